The summed E-state index contributed by atoms with van der Waals surface area (Å²) in [5.41, 5.74) is 8.12. The normalized spacial score (nSPS) is 13.9. The third kappa shape index (κ3) is 4.35. The van der Waals surface area contributed by atoms with Gasteiger partial charge in [-0.1, -0.05) is 42.5 Å². The number of allylic oxidation sites excluding steroid dienone is 1. The topological polar surface area (TPSA) is 36.1 Å². The highest BCUT2D eigenvalue weighted by molar-refractivity contribution is 7.80. The molecule has 0 bridgehead atoms. The first-order valence-electron chi connectivity index (χ1n) is 8.23. The van der Waals surface area contributed by atoms with E-state index in [1.165, 1.54) is 23.8 Å². The monoisotopic (exact) mass is 377 g/mol. The van der Waals surface area contributed by atoms with Gasteiger partial charge in [-0.25, -0.2) is 0 Å². The fourth-order valence-corrected chi connectivity index (χ4v) is 3.05. The minimum absolute atomic E-state index is 0.0596. The van der Waals surface area contributed by atoms with E-state index in [9.17, 15) is 13.2 Å². The molecule has 0 amide bonds. The van der Waals surface area contributed by atoms with E-state index in [1.807, 2.05) is 18.2 Å². The highest BCUT2D eigenvalue weighted by Crippen LogP contribution is 2.34. The summed E-state index contributed by atoms with van der Waals surface area (Å²) in [5.74, 6) is 0. The van der Waals surface area contributed by atoms with Crippen molar-refractivity contribution in [3.63, 3.8) is 0 Å². The number of para-hydroxylation sites is 1. The summed E-state index contributed by atoms with van der Waals surface area (Å²) >= 11 is 5.14. The fraction of sp³-hybridized carbons (Fsp3) is 0.211. The van der Waals surface area contributed by atoms with Gasteiger partial charge in [0.05, 0.1) is 16.9 Å². The molecule has 0 spiro atoms. The van der Waals surface area contributed by atoms with Crippen LogP contribution in [0.4, 0.5) is 18.9 Å². The molecule has 3 N–H and O–H groups in total. The van der Waals surface area contributed by atoms with Crippen molar-refractivity contribution in [3.8, 4) is 0 Å². The van der Waals surface area contributed by atoms with Crippen molar-refractivity contribution in [1.29, 1.82) is 0 Å². The highest BCUT2D eigenvalue weighted by atomic mass is 32.1. The van der Waals surface area contributed by atoms with Gasteiger partial charge in [0.1, 0.15) is 0 Å². The summed E-state index contributed by atoms with van der Waals surface area (Å²) in [6.45, 7) is 0. The molecule has 0 radical (unpaired) electrons. The molecule has 3 nitrogen and oxygen atoms in total. The lowest BCUT2D eigenvalue weighted by Crippen LogP contribution is -2.39. The Kier molecular flexibility index (Phi) is 5.46. The van der Waals surface area contributed by atoms with Crippen LogP contribution in [0.15, 0.2) is 54.6 Å². The predicted octanol–water partition coefficient (Wildman–Crippen LogP) is 4.87. The van der Waals surface area contributed by atoms with E-state index < -0.39 is 11.7 Å². The Morgan fingerprint density at radius 3 is 2.54 bits per heavy atom. The lowest BCUT2D eigenvalue weighted by Gasteiger charge is -2.18. The maximum absolute atomic E-state index is 13.1. The van der Waals surface area contributed by atoms with Crippen molar-refractivity contribution in [2.75, 3.05) is 5.32 Å². The Balaban J connectivity index is 1.68. The minimum atomic E-state index is -4.45. The number of thiocarbonyl (C=S) groups is 1. The molecular formula is C19H18F3N3S. The molecule has 0 fully saturated rings. The fourth-order valence-electron chi connectivity index (χ4n) is 2.89. The number of hydrogen-bond acceptors (Lipinski definition) is 2. The van der Waals surface area contributed by atoms with Gasteiger partial charge < -0.3 is 5.32 Å². The lowest BCUT2D eigenvalue weighted by atomic mass is 10.0. The molecule has 0 aromatic heterocycles. The number of hydrazine groups is 1. The molecule has 2 aromatic carbocycles. The van der Waals surface area contributed by atoms with Crippen LogP contribution in [0.25, 0.3) is 5.70 Å². The molecule has 0 saturated heterocycles. The Morgan fingerprint density at radius 1 is 1.00 bits per heavy atom. The van der Waals surface area contributed by atoms with Crippen LogP contribution in [0.2, 0.25) is 0 Å². The van der Waals surface area contributed by atoms with Crippen molar-refractivity contribution in [2.24, 2.45) is 0 Å². The average Bonchev–Trinajstić information content (AvgIpc) is 2.82. The molecule has 2 aromatic rings. The van der Waals surface area contributed by atoms with Gasteiger partial charge in [0.2, 0.25) is 0 Å². The molecule has 136 valence electrons. The summed E-state index contributed by atoms with van der Waals surface area (Å²) in [7, 11) is 0. The van der Waals surface area contributed by atoms with E-state index in [0.29, 0.717) is 0 Å². The maximum Gasteiger partial charge on any atom is 0.418 e. The van der Waals surface area contributed by atoms with Gasteiger partial charge in [-0.05, 0) is 49.2 Å². The molecule has 0 heterocycles. The van der Waals surface area contributed by atoms with Gasteiger partial charge in [-0.3, -0.25) is 10.9 Å². The Bertz CT molecular complexity index is 831. The largest absolute Gasteiger partial charge is 0.418 e. The summed E-state index contributed by atoms with van der Waals surface area (Å²) in [6.07, 6.45) is 0.555. The zero-order chi connectivity index (χ0) is 18.6. The van der Waals surface area contributed by atoms with Crippen LogP contribution < -0.4 is 16.2 Å². The number of fused-ring (bicyclic) bond motifs is 1. The van der Waals surface area contributed by atoms with Crippen LogP contribution in [0.3, 0.4) is 0 Å². The molecule has 0 aliphatic heterocycles. The highest BCUT2D eigenvalue weighted by Gasteiger charge is 2.33. The van der Waals surface area contributed by atoms with Crippen LogP contribution in [-0.4, -0.2) is 5.11 Å². The summed E-state index contributed by atoms with van der Waals surface area (Å²) in [5, 5.41) is 2.67. The third-order valence-electron chi connectivity index (χ3n) is 4.10. The SMILES string of the molecule is FC(F)(F)c1ccccc1NC(=S)NNC1=CCCCc2ccccc21. The Labute approximate surface area is 155 Å². The van der Waals surface area contributed by atoms with Gasteiger partial charge in [0, 0.05) is 5.56 Å². The summed E-state index contributed by atoms with van der Waals surface area (Å²) in [4.78, 5) is 0. The van der Waals surface area contributed by atoms with Crippen molar-refractivity contribution in [1.82, 2.24) is 10.9 Å². The van der Waals surface area contributed by atoms with Crippen LogP contribution in [0, 0.1) is 0 Å². The second-order valence-electron chi connectivity index (χ2n) is 5.91. The number of nitrogens with one attached hydrogen (secondary N) is 3. The van der Waals surface area contributed by atoms with Crippen LogP contribution >= 0.6 is 12.2 Å². The first-order valence-corrected chi connectivity index (χ1v) is 8.63. The molecule has 0 saturated carbocycles. The number of rotatable bonds is 3. The van der Waals surface area contributed by atoms with Gasteiger partial charge >= 0.3 is 6.18 Å². The first-order chi connectivity index (χ1) is 12.4. The average molecular weight is 377 g/mol. The van der Waals surface area contributed by atoms with E-state index in [4.69, 9.17) is 12.2 Å². The molecule has 7 heteroatoms. The van der Waals surface area contributed by atoms with E-state index in [-0.39, 0.29) is 10.8 Å². The second kappa shape index (κ2) is 7.78. The van der Waals surface area contributed by atoms with Crippen LogP contribution in [0.1, 0.15) is 29.5 Å². The number of alkyl halides is 3. The van der Waals surface area contributed by atoms with Crippen LogP contribution in [0.5, 0.6) is 0 Å². The second-order valence-corrected chi connectivity index (χ2v) is 6.32. The predicted molar refractivity (Wildman–Crippen MR) is 101 cm³/mol. The third-order valence-corrected chi connectivity index (χ3v) is 4.30. The van der Waals surface area contributed by atoms with Gasteiger partial charge in [-0.15, -0.1) is 0 Å². The first kappa shape index (κ1) is 18.3. The van der Waals surface area contributed by atoms with Crippen molar-refractivity contribution >= 4 is 28.7 Å². The number of halogens is 3. The molecule has 1 aliphatic carbocycles. The van der Waals surface area contributed by atoms with E-state index in [0.717, 1.165) is 36.6 Å². The maximum atomic E-state index is 13.1. The standard InChI is InChI=1S/C19H18F3N3S/c20-19(21,22)15-10-4-6-12-17(15)23-18(26)25-24-16-11-5-2-8-13-7-1-3-9-14(13)16/h1,3-4,6-7,9-12,24H,2,5,8H2,(H2,23,25,26). The zero-order valence-corrected chi connectivity index (χ0v) is 14.7. The quantitative estimate of drug-likeness (QED) is 0.527. The zero-order valence-electron chi connectivity index (χ0n) is 13.9. The number of benzene rings is 2. The summed E-state index contributed by atoms with van der Waals surface area (Å²) < 4.78 is 39.2. The molecule has 26 heavy (non-hydrogen) atoms. The van der Waals surface area contributed by atoms with Crippen molar-refractivity contribution in [3.05, 3.63) is 71.3 Å². The van der Waals surface area contributed by atoms with Crippen molar-refractivity contribution in [2.45, 2.75) is 25.4 Å². The number of hydrogen-bond donors (Lipinski definition) is 3. The van der Waals surface area contributed by atoms with E-state index in [1.54, 1.807) is 0 Å². The van der Waals surface area contributed by atoms with Gasteiger partial charge in [-0.2, -0.15) is 13.2 Å². The number of anilines is 1. The lowest BCUT2D eigenvalue weighted by molar-refractivity contribution is -0.136. The Hall–Kier alpha value is -2.54. The molecule has 0 unspecified atom stereocenters. The van der Waals surface area contributed by atoms with Crippen LogP contribution in [-0.2, 0) is 12.6 Å². The smallest absolute Gasteiger partial charge is 0.331 e. The Morgan fingerprint density at radius 2 is 1.73 bits per heavy atom. The van der Waals surface area contributed by atoms with Gasteiger partial charge in [0.15, 0.2) is 5.11 Å². The van der Waals surface area contributed by atoms with Gasteiger partial charge in [0.25, 0.3) is 0 Å². The molecule has 1 aliphatic rings. The van der Waals surface area contributed by atoms with E-state index >= 15 is 0 Å². The molecule has 0 atom stereocenters. The molecule has 3 rings (SSSR count). The number of aryl methyl sites for hydroxylation is 1. The minimum Gasteiger partial charge on any atom is -0.331 e. The summed E-state index contributed by atoms with van der Waals surface area (Å²) in [6, 6.07) is 13.3. The molecular weight excluding hydrogens is 359 g/mol. The van der Waals surface area contributed by atoms with Crippen molar-refractivity contribution < 1.29 is 13.2 Å². The van der Waals surface area contributed by atoms with E-state index in [2.05, 4.69) is 28.3 Å².